The van der Waals surface area contributed by atoms with Gasteiger partial charge >= 0.3 is 0 Å². The fraction of sp³-hybridized carbons (Fsp3) is 0.720. The summed E-state index contributed by atoms with van der Waals surface area (Å²) in [6, 6.07) is 6.30. The van der Waals surface area contributed by atoms with Crippen LogP contribution in [-0.4, -0.2) is 62.9 Å². The zero-order valence-corrected chi connectivity index (χ0v) is 18.8. The molecule has 1 aromatic carbocycles. The Morgan fingerprint density at radius 2 is 1.81 bits per heavy atom. The number of hydrogen-bond acceptors (Lipinski definition) is 5. The third-order valence-electron chi connectivity index (χ3n) is 6.74. The van der Waals surface area contributed by atoms with Crippen molar-refractivity contribution in [2.75, 3.05) is 46.1 Å². The molecule has 1 amide bonds. The SMILES string of the molecule is O=C(CCCCC1CCOCC1)NC(Cc1ccc2c(c1)OCCO2)CN1CCCC1. The van der Waals surface area contributed by atoms with Crippen LogP contribution in [0, 0.1) is 5.92 Å². The minimum atomic E-state index is 0.128. The van der Waals surface area contributed by atoms with Crippen LogP contribution in [0.25, 0.3) is 0 Å². The van der Waals surface area contributed by atoms with Crippen LogP contribution in [0.4, 0.5) is 0 Å². The second-order valence-corrected chi connectivity index (χ2v) is 9.26. The monoisotopic (exact) mass is 430 g/mol. The first-order valence-electron chi connectivity index (χ1n) is 12.2. The average Bonchev–Trinajstić information content (AvgIpc) is 3.30. The van der Waals surface area contributed by atoms with E-state index >= 15 is 0 Å². The molecule has 0 spiro atoms. The Balaban J connectivity index is 1.26. The number of ether oxygens (including phenoxy) is 3. The summed E-state index contributed by atoms with van der Waals surface area (Å²) in [6.07, 6.45) is 9.67. The Bertz CT molecular complexity index is 699. The van der Waals surface area contributed by atoms with E-state index in [1.165, 1.54) is 37.7 Å². The fourth-order valence-corrected chi connectivity index (χ4v) is 4.99. The summed E-state index contributed by atoms with van der Waals surface area (Å²) in [5.41, 5.74) is 1.19. The molecule has 1 aromatic rings. The highest BCUT2D eigenvalue weighted by Gasteiger charge is 2.21. The molecule has 172 valence electrons. The summed E-state index contributed by atoms with van der Waals surface area (Å²) in [5, 5.41) is 3.34. The van der Waals surface area contributed by atoms with Gasteiger partial charge in [-0.25, -0.2) is 0 Å². The number of fused-ring (bicyclic) bond motifs is 1. The van der Waals surface area contributed by atoms with Gasteiger partial charge in [-0.15, -0.1) is 0 Å². The maximum atomic E-state index is 12.7. The number of nitrogens with zero attached hydrogens (tertiary/aromatic N) is 1. The molecular formula is C25H38N2O4. The van der Waals surface area contributed by atoms with Crippen molar-refractivity contribution in [3.05, 3.63) is 23.8 Å². The number of amides is 1. The molecular weight excluding hydrogens is 392 g/mol. The van der Waals surface area contributed by atoms with Crippen molar-refractivity contribution >= 4 is 5.91 Å². The second kappa shape index (κ2) is 11.7. The number of nitrogens with one attached hydrogen (secondary N) is 1. The molecule has 2 saturated heterocycles. The molecule has 6 nitrogen and oxygen atoms in total. The van der Waals surface area contributed by atoms with E-state index in [-0.39, 0.29) is 11.9 Å². The fourth-order valence-electron chi connectivity index (χ4n) is 4.99. The Kier molecular flexibility index (Phi) is 8.47. The Morgan fingerprint density at radius 1 is 1.03 bits per heavy atom. The number of carbonyl (C=O) groups excluding carboxylic acids is 1. The molecule has 1 N–H and O–H groups in total. The van der Waals surface area contributed by atoms with Crippen molar-refractivity contribution < 1.29 is 19.0 Å². The molecule has 0 radical (unpaired) electrons. The number of likely N-dealkylation sites (tertiary alicyclic amines) is 1. The average molecular weight is 431 g/mol. The van der Waals surface area contributed by atoms with Gasteiger partial charge in [0.15, 0.2) is 11.5 Å². The molecule has 1 unspecified atom stereocenters. The van der Waals surface area contributed by atoms with E-state index in [1.54, 1.807) is 0 Å². The van der Waals surface area contributed by atoms with Crippen LogP contribution < -0.4 is 14.8 Å². The van der Waals surface area contributed by atoms with Crippen LogP contribution in [0.3, 0.4) is 0 Å². The van der Waals surface area contributed by atoms with Crippen molar-refractivity contribution in [2.45, 2.75) is 63.8 Å². The lowest BCUT2D eigenvalue weighted by Gasteiger charge is -2.26. The first-order chi connectivity index (χ1) is 15.3. The van der Waals surface area contributed by atoms with Gasteiger partial charge in [0.1, 0.15) is 13.2 Å². The number of hydrogen-bond donors (Lipinski definition) is 1. The predicted octanol–water partition coefficient (Wildman–Crippen LogP) is 3.57. The van der Waals surface area contributed by atoms with E-state index in [0.29, 0.717) is 19.6 Å². The zero-order valence-electron chi connectivity index (χ0n) is 18.8. The second-order valence-electron chi connectivity index (χ2n) is 9.26. The molecule has 6 heteroatoms. The van der Waals surface area contributed by atoms with Crippen LogP contribution in [0.2, 0.25) is 0 Å². The quantitative estimate of drug-likeness (QED) is 0.575. The zero-order chi connectivity index (χ0) is 21.3. The van der Waals surface area contributed by atoms with Crippen molar-refractivity contribution in [1.29, 1.82) is 0 Å². The van der Waals surface area contributed by atoms with Gasteiger partial charge in [-0.3, -0.25) is 4.79 Å². The molecule has 0 aliphatic carbocycles. The first-order valence-corrected chi connectivity index (χ1v) is 12.2. The lowest BCUT2D eigenvalue weighted by atomic mass is 9.94. The van der Waals surface area contributed by atoms with Gasteiger partial charge in [0.05, 0.1) is 0 Å². The smallest absolute Gasteiger partial charge is 0.220 e. The molecule has 3 heterocycles. The minimum Gasteiger partial charge on any atom is -0.486 e. The largest absolute Gasteiger partial charge is 0.486 e. The van der Waals surface area contributed by atoms with E-state index in [2.05, 4.69) is 22.3 Å². The highest BCUT2D eigenvalue weighted by atomic mass is 16.6. The van der Waals surface area contributed by atoms with Gasteiger partial charge in [0.2, 0.25) is 5.91 Å². The minimum absolute atomic E-state index is 0.128. The maximum absolute atomic E-state index is 12.7. The number of benzene rings is 1. The third-order valence-corrected chi connectivity index (χ3v) is 6.74. The van der Waals surface area contributed by atoms with Gasteiger partial charge < -0.3 is 24.4 Å². The van der Waals surface area contributed by atoms with Crippen molar-refractivity contribution in [2.24, 2.45) is 5.92 Å². The Labute approximate surface area is 186 Å². The summed E-state index contributed by atoms with van der Waals surface area (Å²) in [7, 11) is 0. The molecule has 0 aromatic heterocycles. The maximum Gasteiger partial charge on any atom is 0.220 e. The third kappa shape index (κ3) is 7.11. The Morgan fingerprint density at radius 3 is 2.61 bits per heavy atom. The van der Waals surface area contributed by atoms with E-state index in [4.69, 9.17) is 14.2 Å². The lowest BCUT2D eigenvalue weighted by molar-refractivity contribution is -0.122. The van der Waals surface area contributed by atoms with E-state index in [1.807, 2.05) is 6.07 Å². The van der Waals surface area contributed by atoms with E-state index in [9.17, 15) is 4.79 Å². The van der Waals surface area contributed by atoms with Gasteiger partial charge in [-0.05, 0) is 75.2 Å². The molecule has 0 saturated carbocycles. The van der Waals surface area contributed by atoms with E-state index in [0.717, 1.165) is 69.5 Å². The molecule has 3 aliphatic heterocycles. The highest BCUT2D eigenvalue weighted by molar-refractivity contribution is 5.76. The van der Waals surface area contributed by atoms with Crippen LogP contribution in [0.15, 0.2) is 18.2 Å². The van der Waals surface area contributed by atoms with Crippen LogP contribution in [0.1, 0.15) is 56.9 Å². The normalized spacial score (nSPS) is 20.5. The van der Waals surface area contributed by atoms with E-state index < -0.39 is 0 Å². The summed E-state index contributed by atoms with van der Waals surface area (Å²) in [6.45, 7) is 6.21. The topological polar surface area (TPSA) is 60.0 Å². The number of rotatable bonds is 10. The lowest BCUT2D eigenvalue weighted by Crippen LogP contribution is -2.44. The summed E-state index contributed by atoms with van der Waals surface area (Å²) >= 11 is 0. The predicted molar refractivity (Wildman–Crippen MR) is 121 cm³/mol. The summed E-state index contributed by atoms with van der Waals surface area (Å²) in [5.74, 6) is 2.62. The van der Waals surface area contributed by atoms with Crippen LogP contribution >= 0.6 is 0 Å². The summed E-state index contributed by atoms with van der Waals surface area (Å²) < 4.78 is 16.8. The van der Waals surface area contributed by atoms with Gasteiger partial charge in [-0.1, -0.05) is 18.9 Å². The Hall–Kier alpha value is -1.79. The first kappa shape index (κ1) is 22.4. The summed E-state index contributed by atoms with van der Waals surface area (Å²) in [4.78, 5) is 15.2. The molecule has 2 fully saturated rings. The van der Waals surface area contributed by atoms with Crippen LogP contribution in [-0.2, 0) is 16.0 Å². The van der Waals surface area contributed by atoms with Crippen molar-refractivity contribution in [3.8, 4) is 11.5 Å². The standard InChI is InChI=1S/C25H38N2O4/c28-25(6-2-1-5-20-9-13-29-14-10-20)26-22(19-27-11-3-4-12-27)17-21-7-8-23-24(18-21)31-16-15-30-23/h7-8,18,20,22H,1-6,9-17,19H2,(H,26,28). The number of unbranched alkanes of at least 4 members (excludes halogenated alkanes) is 1. The van der Waals surface area contributed by atoms with Crippen LogP contribution in [0.5, 0.6) is 11.5 Å². The van der Waals surface area contributed by atoms with Gasteiger partial charge in [0.25, 0.3) is 0 Å². The highest BCUT2D eigenvalue weighted by Crippen LogP contribution is 2.31. The molecule has 0 bridgehead atoms. The van der Waals surface area contributed by atoms with Crippen molar-refractivity contribution in [3.63, 3.8) is 0 Å². The molecule has 31 heavy (non-hydrogen) atoms. The van der Waals surface area contributed by atoms with Gasteiger partial charge in [0, 0.05) is 32.2 Å². The molecule has 1 atom stereocenters. The molecule has 4 rings (SSSR count). The number of carbonyl (C=O) groups is 1. The molecule has 3 aliphatic rings. The van der Waals surface area contributed by atoms with Gasteiger partial charge in [-0.2, -0.15) is 0 Å². The van der Waals surface area contributed by atoms with Crippen molar-refractivity contribution in [1.82, 2.24) is 10.2 Å².